The number of anilines is 1. The molecule has 0 aliphatic carbocycles. The summed E-state index contributed by atoms with van der Waals surface area (Å²) in [5.74, 6) is 1.21. The second-order valence-corrected chi connectivity index (χ2v) is 6.29. The maximum Gasteiger partial charge on any atom is 0.163 e. The number of nitrogens with zero attached hydrogens (tertiary/aromatic N) is 2. The van der Waals surface area contributed by atoms with Crippen LogP contribution in [0.15, 0.2) is 6.07 Å². The van der Waals surface area contributed by atoms with Gasteiger partial charge in [0.15, 0.2) is 5.82 Å². The highest BCUT2D eigenvalue weighted by molar-refractivity contribution is 5.34. The molecule has 1 saturated heterocycles. The third kappa shape index (κ3) is 3.10. The van der Waals surface area contributed by atoms with Gasteiger partial charge in [0.2, 0.25) is 0 Å². The molecule has 5 heteroatoms. The van der Waals surface area contributed by atoms with E-state index >= 15 is 0 Å². The fourth-order valence-corrected chi connectivity index (χ4v) is 2.46. The average Bonchev–Trinajstić information content (AvgIpc) is 2.38. The van der Waals surface area contributed by atoms with Crippen molar-refractivity contribution >= 4 is 5.82 Å². The van der Waals surface area contributed by atoms with Gasteiger partial charge < -0.3 is 15.2 Å². The van der Waals surface area contributed by atoms with E-state index in [9.17, 15) is 0 Å². The smallest absolute Gasteiger partial charge is 0.163 e. The van der Waals surface area contributed by atoms with Gasteiger partial charge in [-0.3, -0.25) is 0 Å². The van der Waals surface area contributed by atoms with Crippen molar-refractivity contribution in [2.45, 2.75) is 51.6 Å². The van der Waals surface area contributed by atoms with Crippen LogP contribution in [-0.4, -0.2) is 29.8 Å². The van der Waals surface area contributed by atoms with Crippen molar-refractivity contribution in [2.24, 2.45) is 0 Å². The quantitative estimate of drug-likeness (QED) is 0.920. The number of aromatic nitrogens is 2. The summed E-state index contributed by atoms with van der Waals surface area (Å²) in [6, 6.07) is 1.85. The molecular weight excluding hydrogens is 254 g/mol. The van der Waals surface area contributed by atoms with Crippen LogP contribution < -0.4 is 5.73 Å². The molecule has 2 heterocycles. The fraction of sp³-hybridized carbons (Fsp3) is 0.733. The topological polar surface area (TPSA) is 70.3 Å². The molecule has 1 aliphatic rings. The van der Waals surface area contributed by atoms with E-state index in [1.165, 1.54) is 0 Å². The number of nitrogen functional groups attached to an aromatic ring is 1. The summed E-state index contributed by atoms with van der Waals surface area (Å²) in [6.45, 7) is 10.3. The van der Waals surface area contributed by atoms with E-state index < -0.39 is 5.60 Å². The molecule has 1 aromatic heterocycles. The summed E-state index contributed by atoms with van der Waals surface area (Å²) in [5.41, 5.74) is 6.41. The van der Waals surface area contributed by atoms with Crippen LogP contribution in [-0.2, 0) is 20.5 Å². The Morgan fingerprint density at radius 1 is 1.30 bits per heavy atom. The molecule has 0 amide bonds. The van der Waals surface area contributed by atoms with Gasteiger partial charge in [-0.2, -0.15) is 0 Å². The molecular formula is C15H25N3O2. The van der Waals surface area contributed by atoms with E-state index in [0.29, 0.717) is 31.5 Å². The maximum absolute atomic E-state index is 6.02. The van der Waals surface area contributed by atoms with Crippen LogP contribution in [0.4, 0.5) is 5.82 Å². The van der Waals surface area contributed by atoms with Crippen LogP contribution in [0.1, 0.15) is 52.1 Å². The van der Waals surface area contributed by atoms with Crippen molar-refractivity contribution in [3.63, 3.8) is 0 Å². The molecule has 0 bridgehead atoms. The predicted molar refractivity (Wildman–Crippen MR) is 78.5 cm³/mol. The molecule has 0 spiro atoms. The summed E-state index contributed by atoms with van der Waals surface area (Å²) in [7, 11) is 0. The van der Waals surface area contributed by atoms with E-state index in [4.69, 9.17) is 20.2 Å². The zero-order valence-corrected chi connectivity index (χ0v) is 12.9. The van der Waals surface area contributed by atoms with Gasteiger partial charge in [0, 0.05) is 44.1 Å². The van der Waals surface area contributed by atoms with Gasteiger partial charge in [0.25, 0.3) is 0 Å². The van der Waals surface area contributed by atoms with Gasteiger partial charge >= 0.3 is 0 Å². The van der Waals surface area contributed by atoms with Crippen molar-refractivity contribution in [3.8, 4) is 0 Å². The van der Waals surface area contributed by atoms with Gasteiger partial charge in [-0.25, -0.2) is 9.97 Å². The van der Waals surface area contributed by atoms with Crippen LogP contribution in [0.25, 0.3) is 0 Å². The lowest BCUT2D eigenvalue weighted by Gasteiger charge is -2.36. The monoisotopic (exact) mass is 279 g/mol. The molecule has 1 aliphatic heterocycles. The minimum absolute atomic E-state index is 0.0651. The van der Waals surface area contributed by atoms with E-state index in [2.05, 4.69) is 25.8 Å². The largest absolute Gasteiger partial charge is 0.384 e. The first-order chi connectivity index (χ1) is 9.37. The number of ether oxygens (including phenoxy) is 2. The normalized spacial score (nSPS) is 19.0. The summed E-state index contributed by atoms with van der Waals surface area (Å²) < 4.78 is 11.5. The lowest BCUT2D eigenvalue weighted by atomic mass is 9.89. The van der Waals surface area contributed by atoms with Crippen LogP contribution >= 0.6 is 0 Å². The lowest BCUT2D eigenvalue weighted by Crippen LogP contribution is -2.39. The molecule has 0 atom stereocenters. The summed E-state index contributed by atoms with van der Waals surface area (Å²) in [4.78, 5) is 9.20. The Morgan fingerprint density at radius 3 is 2.50 bits per heavy atom. The first-order valence-electron chi connectivity index (χ1n) is 7.24. The Kier molecular flexibility index (Phi) is 4.30. The number of hydrogen-bond acceptors (Lipinski definition) is 5. The van der Waals surface area contributed by atoms with Gasteiger partial charge in [0.05, 0.1) is 5.69 Å². The molecule has 2 rings (SSSR count). The second kappa shape index (κ2) is 5.66. The zero-order chi connectivity index (χ0) is 14.8. The Labute approximate surface area is 120 Å². The van der Waals surface area contributed by atoms with Crippen LogP contribution in [0.3, 0.4) is 0 Å². The highest BCUT2D eigenvalue weighted by atomic mass is 16.5. The fourth-order valence-electron chi connectivity index (χ4n) is 2.46. The zero-order valence-electron chi connectivity index (χ0n) is 12.9. The van der Waals surface area contributed by atoms with Crippen molar-refractivity contribution in [1.29, 1.82) is 0 Å². The first kappa shape index (κ1) is 15.2. The number of hydrogen-bond donors (Lipinski definition) is 1. The Morgan fingerprint density at radius 2 is 1.95 bits per heavy atom. The molecule has 0 aromatic carbocycles. The Bertz CT molecular complexity index is 457. The SMILES string of the molecule is CCOC1(c2nc(N)cc(C(C)(C)C)n2)CCOCC1. The summed E-state index contributed by atoms with van der Waals surface area (Å²) >= 11 is 0. The van der Waals surface area contributed by atoms with E-state index in [1.54, 1.807) is 0 Å². The molecule has 5 nitrogen and oxygen atoms in total. The molecule has 0 unspecified atom stereocenters. The highest BCUT2D eigenvalue weighted by Crippen LogP contribution is 2.35. The van der Waals surface area contributed by atoms with Crippen LogP contribution in [0.2, 0.25) is 0 Å². The number of nitrogens with two attached hydrogens (primary N) is 1. The van der Waals surface area contributed by atoms with Gasteiger partial charge in [-0.1, -0.05) is 20.8 Å². The molecule has 1 aromatic rings. The first-order valence-corrected chi connectivity index (χ1v) is 7.24. The predicted octanol–water partition coefficient (Wildman–Crippen LogP) is 2.40. The molecule has 20 heavy (non-hydrogen) atoms. The van der Waals surface area contributed by atoms with Gasteiger partial charge in [0.1, 0.15) is 11.4 Å². The summed E-state index contributed by atoms with van der Waals surface area (Å²) in [6.07, 6.45) is 1.54. The molecule has 0 saturated carbocycles. The lowest BCUT2D eigenvalue weighted by molar-refractivity contribution is -0.117. The minimum atomic E-state index is -0.456. The molecule has 112 valence electrons. The standard InChI is InChI=1S/C15H25N3O2/c1-5-20-15(6-8-19-9-7-15)13-17-11(14(2,3)4)10-12(16)18-13/h10H,5-9H2,1-4H3,(H2,16,17,18). The van der Waals surface area contributed by atoms with E-state index in [-0.39, 0.29) is 5.41 Å². The maximum atomic E-state index is 6.02. The van der Waals surface area contributed by atoms with Crippen molar-refractivity contribution < 1.29 is 9.47 Å². The highest BCUT2D eigenvalue weighted by Gasteiger charge is 2.39. The third-order valence-corrected chi connectivity index (χ3v) is 3.64. The van der Waals surface area contributed by atoms with Crippen molar-refractivity contribution in [1.82, 2.24) is 9.97 Å². The third-order valence-electron chi connectivity index (χ3n) is 3.64. The molecule has 2 N–H and O–H groups in total. The Hall–Kier alpha value is -1.20. The molecule has 1 fully saturated rings. The van der Waals surface area contributed by atoms with Gasteiger partial charge in [-0.05, 0) is 6.92 Å². The molecule has 0 radical (unpaired) electrons. The minimum Gasteiger partial charge on any atom is -0.384 e. The Balaban J connectivity index is 2.45. The van der Waals surface area contributed by atoms with Gasteiger partial charge in [-0.15, -0.1) is 0 Å². The van der Waals surface area contributed by atoms with E-state index in [0.717, 1.165) is 18.5 Å². The van der Waals surface area contributed by atoms with Crippen molar-refractivity contribution in [3.05, 3.63) is 17.6 Å². The average molecular weight is 279 g/mol. The van der Waals surface area contributed by atoms with Crippen LogP contribution in [0, 0.1) is 0 Å². The van der Waals surface area contributed by atoms with Crippen molar-refractivity contribution in [2.75, 3.05) is 25.6 Å². The summed E-state index contributed by atoms with van der Waals surface area (Å²) in [5, 5.41) is 0. The second-order valence-electron chi connectivity index (χ2n) is 6.29. The van der Waals surface area contributed by atoms with E-state index in [1.807, 2.05) is 13.0 Å². The van der Waals surface area contributed by atoms with Crippen LogP contribution in [0.5, 0.6) is 0 Å². The number of rotatable bonds is 3.